The highest BCUT2D eigenvalue weighted by Crippen LogP contribution is 2.29. The van der Waals surface area contributed by atoms with Gasteiger partial charge < -0.3 is 15.2 Å². The normalized spacial score (nSPS) is 10.2. The minimum Gasteiger partial charge on any atom is -0.496 e. The summed E-state index contributed by atoms with van der Waals surface area (Å²) in [6.07, 6.45) is 0. The predicted molar refractivity (Wildman–Crippen MR) is 76.9 cm³/mol. The lowest BCUT2D eigenvalue weighted by Crippen LogP contribution is -2.17. The zero-order valence-corrected chi connectivity index (χ0v) is 12.1. The van der Waals surface area contributed by atoms with Crippen LogP contribution in [0.25, 0.3) is 0 Å². The van der Waals surface area contributed by atoms with Gasteiger partial charge in [-0.1, -0.05) is 6.07 Å². The summed E-state index contributed by atoms with van der Waals surface area (Å²) in [4.78, 5) is 23.3. The number of ether oxygens (including phenoxy) is 1. The van der Waals surface area contributed by atoms with Gasteiger partial charge in [0.25, 0.3) is 5.91 Å². The Bertz CT molecular complexity index is 711. The molecule has 0 saturated carbocycles. The molecular formula is C14H12FNO4S. The topological polar surface area (TPSA) is 75.6 Å². The summed E-state index contributed by atoms with van der Waals surface area (Å²) in [6, 6.07) is 4.01. The van der Waals surface area contributed by atoms with Crippen LogP contribution in [-0.4, -0.2) is 24.1 Å². The Balaban J connectivity index is 2.40. The van der Waals surface area contributed by atoms with Crippen molar-refractivity contribution in [2.45, 2.75) is 6.92 Å². The molecule has 1 amide bonds. The first-order chi connectivity index (χ1) is 9.95. The number of thiophene rings is 1. The quantitative estimate of drug-likeness (QED) is 0.909. The largest absolute Gasteiger partial charge is 0.496 e. The number of nitrogens with one attached hydrogen (secondary N) is 1. The van der Waals surface area contributed by atoms with Gasteiger partial charge in [-0.15, -0.1) is 11.3 Å². The Morgan fingerprint density at radius 3 is 2.71 bits per heavy atom. The Kier molecular flexibility index (Phi) is 4.23. The van der Waals surface area contributed by atoms with E-state index in [0.29, 0.717) is 5.56 Å². The van der Waals surface area contributed by atoms with E-state index in [1.165, 1.54) is 19.2 Å². The van der Waals surface area contributed by atoms with E-state index in [9.17, 15) is 14.0 Å². The third-order valence-corrected chi connectivity index (χ3v) is 3.92. The van der Waals surface area contributed by atoms with Crippen molar-refractivity contribution in [3.05, 3.63) is 45.4 Å². The first-order valence-corrected chi connectivity index (χ1v) is 6.79. The lowest BCUT2D eigenvalue weighted by molar-refractivity contribution is 0.0703. The number of aryl methyl sites for hydroxylation is 1. The average Bonchev–Trinajstić information content (AvgIpc) is 2.79. The second-order valence-corrected chi connectivity index (χ2v) is 5.08. The molecule has 2 N–H and O–H groups in total. The fourth-order valence-corrected chi connectivity index (χ4v) is 2.67. The van der Waals surface area contributed by atoms with Gasteiger partial charge in [-0.2, -0.15) is 0 Å². The van der Waals surface area contributed by atoms with Gasteiger partial charge in [-0.3, -0.25) is 4.79 Å². The number of hydrogen-bond donors (Lipinski definition) is 2. The minimum absolute atomic E-state index is 0.00356. The molecule has 0 aliphatic carbocycles. The second-order valence-electron chi connectivity index (χ2n) is 4.20. The third kappa shape index (κ3) is 2.87. The highest BCUT2D eigenvalue weighted by molar-refractivity contribution is 7.12. The third-order valence-electron chi connectivity index (χ3n) is 2.83. The van der Waals surface area contributed by atoms with E-state index in [-0.39, 0.29) is 21.9 Å². The van der Waals surface area contributed by atoms with Crippen LogP contribution in [0.2, 0.25) is 0 Å². The molecule has 0 aliphatic rings. The zero-order chi connectivity index (χ0) is 15.6. The van der Waals surface area contributed by atoms with Crippen LogP contribution < -0.4 is 10.1 Å². The standard InChI is InChI=1S/C14H12FNO4S/c1-7-6-21-12(14(18)19)11(7)16-13(17)10-8(15)4-3-5-9(10)20-2/h3-6H,1-2H3,(H,16,17)(H,18,19). The summed E-state index contributed by atoms with van der Waals surface area (Å²) in [7, 11) is 1.32. The molecule has 1 aromatic heterocycles. The average molecular weight is 309 g/mol. The van der Waals surface area contributed by atoms with Crippen molar-refractivity contribution < 1.29 is 23.8 Å². The second kappa shape index (κ2) is 5.92. The van der Waals surface area contributed by atoms with E-state index in [1.807, 2.05) is 0 Å². The van der Waals surface area contributed by atoms with Gasteiger partial charge >= 0.3 is 5.97 Å². The monoisotopic (exact) mass is 309 g/mol. The van der Waals surface area contributed by atoms with Crippen LogP contribution in [0.15, 0.2) is 23.6 Å². The molecule has 110 valence electrons. The highest BCUT2D eigenvalue weighted by Gasteiger charge is 2.22. The van der Waals surface area contributed by atoms with Gasteiger partial charge in [0.15, 0.2) is 0 Å². The first kappa shape index (κ1) is 15.0. The Morgan fingerprint density at radius 1 is 1.38 bits per heavy atom. The molecule has 0 atom stereocenters. The number of anilines is 1. The summed E-state index contributed by atoms with van der Waals surface area (Å²) < 4.78 is 18.8. The Labute approximate surface area is 124 Å². The summed E-state index contributed by atoms with van der Waals surface area (Å²) in [5, 5.41) is 13.1. The van der Waals surface area contributed by atoms with Crippen LogP contribution in [0.3, 0.4) is 0 Å². The van der Waals surface area contributed by atoms with E-state index in [0.717, 1.165) is 17.4 Å². The molecule has 2 rings (SSSR count). The van der Waals surface area contributed by atoms with Gasteiger partial charge in [0.1, 0.15) is 22.0 Å². The number of carbonyl (C=O) groups is 2. The SMILES string of the molecule is COc1cccc(F)c1C(=O)Nc1c(C)csc1C(=O)O. The number of rotatable bonds is 4. The molecule has 21 heavy (non-hydrogen) atoms. The van der Waals surface area contributed by atoms with Gasteiger partial charge in [0.05, 0.1) is 12.8 Å². The number of carboxylic acids is 1. The summed E-state index contributed by atoms with van der Waals surface area (Å²) >= 11 is 0.996. The van der Waals surface area contributed by atoms with Crippen LogP contribution in [0.4, 0.5) is 10.1 Å². The number of hydrogen-bond acceptors (Lipinski definition) is 4. The minimum atomic E-state index is -1.15. The summed E-state index contributed by atoms with van der Waals surface area (Å²) in [6.45, 7) is 1.66. The van der Waals surface area contributed by atoms with E-state index in [1.54, 1.807) is 12.3 Å². The fraction of sp³-hybridized carbons (Fsp3) is 0.143. The Morgan fingerprint density at radius 2 is 2.10 bits per heavy atom. The van der Waals surface area contributed by atoms with Gasteiger partial charge in [-0.25, -0.2) is 9.18 Å². The molecule has 1 aromatic carbocycles. The molecule has 0 radical (unpaired) electrons. The smallest absolute Gasteiger partial charge is 0.348 e. The first-order valence-electron chi connectivity index (χ1n) is 5.91. The summed E-state index contributed by atoms with van der Waals surface area (Å²) in [5.74, 6) is -2.56. The van der Waals surface area contributed by atoms with Crippen LogP contribution in [0, 0.1) is 12.7 Å². The summed E-state index contributed by atoms with van der Waals surface area (Å²) in [5.41, 5.74) is 0.505. The lowest BCUT2D eigenvalue weighted by Gasteiger charge is -2.10. The maximum atomic E-state index is 13.8. The van der Waals surface area contributed by atoms with E-state index >= 15 is 0 Å². The molecule has 0 bridgehead atoms. The number of aromatic carboxylic acids is 1. The molecule has 0 aliphatic heterocycles. The molecule has 5 nitrogen and oxygen atoms in total. The highest BCUT2D eigenvalue weighted by atomic mass is 32.1. The zero-order valence-electron chi connectivity index (χ0n) is 11.3. The van der Waals surface area contributed by atoms with Gasteiger partial charge in [0.2, 0.25) is 0 Å². The molecule has 0 spiro atoms. The van der Waals surface area contributed by atoms with E-state index in [2.05, 4.69) is 5.32 Å². The number of methoxy groups -OCH3 is 1. The van der Waals surface area contributed by atoms with E-state index < -0.39 is 17.7 Å². The number of benzene rings is 1. The van der Waals surface area contributed by atoms with Crippen molar-refractivity contribution in [2.75, 3.05) is 12.4 Å². The molecule has 2 aromatic rings. The molecule has 7 heteroatoms. The number of amides is 1. The lowest BCUT2D eigenvalue weighted by atomic mass is 10.1. The van der Waals surface area contributed by atoms with E-state index in [4.69, 9.17) is 9.84 Å². The van der Waals surface area contributed by atoms with Crippen LogP contribution in [0.1, 0.15) is 25.6 Å². The number of carbonyl (C=O) groups excluding carboxylic acids is 1. The molecule has 0 unspecified atom stereocenters. The maximum absolute atomic E-state index is 13.8. The van der Waals surface area contributed by atoms with Crippen molar-refractivity contribution in [2.24, 2.45) is 0 Å². The Hall–Kier alpha value is -2.41. The van der Waals surface area contributed by atoms with Crippen molar-refractivity contribution in [1.29, 1.82) is 0 Å². The fourth-order valence-electron chi connectivity index (χ4n) is 1.83. The van der Waals surface area contributed by atoms with Crippen molar-refractivity contribution in [3.8, 4) is 5.75 Å². The maximum Gasteiger partial charge on any atom is 0.348 e. The van der Waals surface area contributed by atoms with Crippen molar-refractivity contribution in [3.63, 3.8) is 0 Å². The number of halogens is 1. The predicted octanol–water partition coefficient (Wildman–Crippen LogP) is 3.15. The van der Waals surface area contributed by atoms with Crippen LogP contribution in [-0.2, 0) is 0 Å². The van der Waals surface area contributed by atoms with Crippen molar-refractivity contribution in [1.82, 2.24) is 0 Å². The van der Waals surface area contributed by atoms with Crippen LogP contribution in [0.5, 0.6) is 5.75 Å². The van der Waals surface area contributed by atoms with Crippen molar-refractivity contribution >= 4 is 28.9 Å². The molecule has 0 fully saturated rings. The van der Waals surface area contributed by atoms with Gasteiger partial charge in [-0.05, 0) is 30.0 Å². The molecule has 1 heterocycles. The molecule has 0 saturated heterocycles. The molecular weight excluding hydrogens is 297 g/mol. The van der Waals surface area contributed by atoms with Gasteiger partial charge in [0, 0.05) is 0 Å². The number of carboxylic acid groups (broad SMARTS) is 1. The van der Waals surface area contributed by atoms with Crippen LogP contribution >= 0.6 is 11.3 Å².